The highest BCUT2D eigenvalue weighted by molar-refractivity contribution is 5.93. The molecule has 2 aliphatic rings. The third-order valence-electron chi connectivity index (χ3n) is 6.75. The Kier molecular flexibility index (Phi) is 5.41. The van der Waals surface area contributed by atoms with Gasteiger partial charge in [-0.2, -0.15) is 0 Å². The van der Waals surface area contributed by atoms with Gasteiger partial charge in [-0.3, -0.25) is 9.36 Å². The van der Waals surface area contributed by atoms with Gasteiger partial charge >= 0.3 is 5.97 Å². The van der Waals surface area contributed by atoms with Crippen molar-refractivity contribution in [2.75, 3.05) is 20.4 Å². The highest BCUT2D eigenvalue weighted by Crippen LogP contribution is 2.46. The minimum absolute atomic E-state index is 0.0406. The third kappa shape index (κ3) is 2.93. The van der Waals surface area contributed by atoms with Crippen LogP contribution >= 0.6 is 0 Å². The first kappa shape index (κ1) is 22.5. The number of benzene rings is 1. The van der Waals surface area contributed by atoms with Crippen molar-refractivity contribution in [3.63, 3.8) is 0 Å². The number of nitrogens with zero attached hydrogens (tertiary/aromatic N) is 2. The molecule has 0 bridgehead atoms. The summed E-state index contributed by atoms with van der Waals surface area (Å²) in [5, 5.41) is 11.9. The maximum atomic E-state index is 13.7. The smallest absolute Gasteiger partial charge is 0.343 e. The van der Waals surface area contributed by atoms with Crippen LogP contribution in [0.3, 0.4) is 0 Å². The molecule has 1 unspecified atom stereocenters. The van der Waals surface area contributed by atoms with Crippen molar-refractivity contribution in [1.29, 1.82) is 0 Å². The van der Waals surface area contributed by atoms with Gasteiger partial charge in [0.05, 0.1) is 36.2 Å². The maximum Gasteiger partial charge on any atom is 0.343 e. The molecule has 34 heavy (non-hydrogen) atoms. The van der Waals surface area contributed by atoms with E-state index in [1.807, 2.05) is 25.1 Å². The van der Waals surface area contributed by atoms with E-state index in [9.17, 15) is 19.1 Å². The van der Waals surface area contributed by atoms with Gasteiger partial charge in [-0.1, -0.05) is 19.9 Å². The number of aliphatic hydroxyl groups is 1. The molecule has 0 radical (unpaired) electrons. The molecule has 0 amide bonds. The number of ether oxygens (including phenoxy) is 3. The Morgan fingerprint density at radius 3 is 2.79 bits per heavy atom. The number of cyclic esters (lactones) is 1. The fraction of sp³-hybridized carbons (Fsp3) is 0.400. The summed E-state index contributed by atoms with van der Waals surface area (Å²) in [6.45, 7) is 2.43. The lowest BCUT2D eigenvalue weighted by molar-refractivity contribution is -0.172. The van der Waals surface area contributed by atoms with Crippen LogP contribution in [-0.2, 0) is 32.9 Å². The lowest BCUT2D eigenvalue weighted by Gasteiger charge is -2.32. The van der Waals surface area contributed by atoms with E-state index < -0.39 is 30.0 Å². The fourth-order valence-electron chi connectivity index (χ4n) is 5.11. The van der Waals surface area contributed by atoms with Crippen molar-refractivity contribution in [2.24, 2.45) is 0 Å². The summed E-state index contributed by atoms with van der Waals surface area (Å²) in [5.41, 5.74) is 1.09. The molecule has 8 nitrogen and oxygen atoms in total. The lowest BCUT2D eigenvalue weighted by Crippen LogP contribution is -2.44. The van der Waals surface area contributed by atoms with E-state index in [-0.39, 0.29) is 30.8 Å². The molecule has 0 spiro atoms. The largest absolute Gasteiger partial charge is 0.496 e. The number of methoxy groups -OCH3 is 1. The van der Waals surface area contributed by atoms with Gasteiger partial charge in [0.15, 0.2) is 11.8 Å². The van der Waals surface area contributed by atoms with E-state index >= 15 is 0 Å². The lowest BCUT2D eigenvalue weighted by atomic mass is 9.86. The number of aryl methyl sites for hydroxylation is 1. The Hall–Kier alpha value is -3.30. The van der Waals surface area contributed by atoms with Gasteiger partial charge in [0.2, 0.25) is 0 Å². The van der Waals surface area contributed by atoms with Crippen LogP contribution in [0, 0.1) is 0 Å². The van der Waals surface area contributed by atoms with Crippen LogP contribution in [0.5, 0.6) is 5.75 Å². The summed E-state index contributed by atoms with van der Waals surface area (Å²) in [7, 11) is 1.58. The van der Waals surface area contributed by atoms with E-state index in [4.69, 9.17) is 19.2 Å². The predicted molar refractivity (Wildman–Crippen MR) is 121 cm³/mol. The molecular formula is C25H25FN2O6. The second-order valence-corrected chi connectivity index (χ2v) is 8.36. The number of alkyl halides is 1. The summed E-state index contributed by atoms with van der Waals surface area (Å²) in [6.07, 6.45) is -0.290. The second-order valence-electron chi connectivity index (χ2n) is 8.36. The van der Waals surface area contributed by atoms with Crippen LogP contribution in [-0.4, -0.2) is 41.0 Å². The first-order chi connectivity index (χ1) is 16.4. The van der Waals surface area contributed by atoms with E-state index in [0.29, 0.717) is 34.6 Å². The van der Waals surface area contributed by atoms with Gasteiger partial charge in [-0.05, 0) is 36.6 Å². The van der Waals surface area contributed by atoms with Gasteiger partial charge in [0, 0.05) is 16.5 Å². The molecule has 3 aromatic rings. The number of carbonyl (C=O) groups is 1. The normalized spacial score (nSPS) is 20.6. The molecule has 0 aliphatic carbocycles. The predicted octanol–water partition coefficient (Wildman–Crippen LogP) is 3.14. The summed E-state index contributed by atoms with van der Waals surface area (Å²) < 4.78 is 31.2. The number of aromatic nitrogens is 2. The Labute approximate surface area is 194 Å². The van der Waals surface area contributed by atoms with Crippen molar-refractivity contribution in [3.8, 4) is 17.1 Å². The Morgan fingerprint density at radius 1 is 1.32 bits per heavy atom. The van der Waals surface area contributed by atoms with Crippen LogP contribution in [0.1, 0.15) is 48.8 Å². The number of carbonyl (C=O) groups excluding carboxylic acids is 1. The van der Waals surface area contributed by atoms with Crippen molar-refractivity contribution in [1.82, 2.24) is 9.55 Å². The average Bonchev–Trinajstić information content (AvgIpc) is 3.16. The first-order valence-corrected chi connectivity index (χ1v) is 11.3. The van der Waals surface area contributed by atoms with Crippen LogP contribution in [0.4, 0.5) is 4.39 Å². The van der Waals surface area contributed by atoms with Crippen LogP contribution in [0.15, 0.2) is 29.1 Å². The molecule has 178 valence electrons. The van der Waals surface area contributed by atoms with E-state index in [1.54, 1.807) is 20.1 Å². The maximum absolute atomic E-state index is 13.7. The summed E-state index contributed by atoms with van der Waals surface area (Å²) >= 11 is 0. The topological polar surface area (TPSA) is 99.9 Å². The zero-order valence-electron chi connectivity index (χ0n) is 19.2. The van der Waals surface area contributed by atoms with Gasteiger partial charge in [-0.25, -0.2) is 14.2 Å². The molecule has 9 heteroatoms. The molecule has 0 fully saturated rings. The van der Waals surface area contributed by atoms with E-state index in [2.05, 4.69) is 0 Å². The third-order valence-corrected chi connectivity index (χ3v) is 6.75. The number of hydrogen-bond donors (Lipinski definition) is 1. The number of pyridine rings is 2. The van der Waals surface area contributed by atoms with Gasteiger partial charge < -0.3 is 19.3 Å². The molecular weight excluding hydrogens is 443 g/mol. The van der Waals surface area contributed by atoms with E-state index in [0.717, 1.165) is 10.9 Å². The minimum atomic E-state index is -1.94. The number of hydrogen-bond acceptors (Lipinski definition) is 7. The number of fused-ring (bicyclic) bond motifs is 5. The quantitative estimate of drug-likeness (QED) is 0.555. The highest BCUT2D eigenvalue weighted by atomic mass is 19.1. The summed E-state index contributed by atoms with van der Waals surface area (Å²) in [6, 6.07) is 7.15. The summed E-state index contributed by atoms with van der Waals surface area (Å²) in [4.78, 5) is 31.0. The fourth-order valence-corrected chi connectivity index (χ4v) is 5.11. The van der Waals surface area contributed by atoms with Gasteiger partial charge in [0.1, 0.15) is 19.0 Å². The van der Waals surface area contributed by atoms with Crippen molar-refractivity contribution in [3.05, 3.63) is 56.9 Å². The molecule has 2 aromatic heterocycles. The SMILES string of the molecule is CCc1c2c(nc3cccc(OC)c13)-c1cc3c(c(=O)n1C2OCCF)COC(=O)[C@]3(O)CC. The number of halogens is 1. The van der Waals surface area contributed by atoms with Crippen LogP contribution in [0.25, 0.3) is 22.3 Å². The summed E-state index contributed by atoms with van der Waals surface area (Å²) in [5.74, 6) is -0.156. The molecule has 1 N–H and O–H groups in total. The number of esters is 1. The standard InChI is InChI=1S/C25H25FN2O6/c1-4-13-19-16(7-6-8-18(19)32-3)27-21-17-11-15-14(12-34-24(30)25(15,31)5-2)22(29)28(17)23(20(13)21)33-10-9-26/h6-8,11,23,31H,4-5,9-10,12H2,1-3H3/t23?,25-/m0/s1. The zero-order valence-corrected chi connectivity index (χ0v) is 19.2. The first-order valence-electron chi connectivity index (χ1n) is 11.3. The highest BCUT2D eigenvalue weighted by Gasteiger charge is 2.46. The zero-order chi connectivity index (χ0) is 24.2. The van der Waals surface area contributed by atoms with Gasteiger partial charge in [0.25, 0.3) is 5.56 Å². The second kappa shape index (κ2) is 8.18. The Morgan fingerprint density at radius 2 is 2.12 bits per heavy atom. The average molecular weight is 468 g/mol. The Balaban J connectivity index is 1.89. The van der Waals surface area contributed by atoms with E-state index in [1.165, 1.54) is 4.57 Å². The van der Waals surface area contributed by atoms with Crippen LogP contribution in [0.2, 0.25) is 0 Å². The van der Waals surface area contributed by atoms with Crippen molar-refractivity contribution < 1.29 is 28.5 Å². The molecule has 0 saturated heterocycles. The van der Waals surface area contributed by atoms with Crippen LogP contribution < -0.4 is 10.3 Å². The van der Waals surface area contributed by atoms with Gasteiger partial charge in [-0.15, -0.1) is 0 Å². The molecule has 2 aliphatic heterocycles. The van der Waals surface area contributed by atoms with Crippen molar-refractivity contribution >= 4 is 16.9 Å². The molecule has 5 rings (SSSR count). The molecule has 2 atom stereocenters. The Bertz CT molecular complexity index is 1380. The molecule has 0 saturated carbocycles. The number of rotatable bonds is 6. The molecule has 4 heterocycles. The minimum Gasteiger partial charge on any atom is -0.496 e. The monoisotopic (exact) mass is 468 g/mol. The molecule has 1 aromatic carbocycles. The van der Waals surface area contributed by atoms with Crippen molar-refractivity contribution in [2.45, 2.75) is 45.1 Å².